The Kier molecular flexibility index (Phi) is 8.80. The Balaban J connectivity index is 1.39. The number of carbonyl (C=O) groups excluding carboxylic acids is 3. The van der Waals surface area contributed by atoms with Crippen LogP contribution in [0.15, 0.2) is 68.4 Å². The van der Waals surface area contributed by atoms with Crippen molar-refractivity contribution in [1.82, 2.24) is 30.0 Å². The Hall–Kier alpha value is -5.66. The van der Waals surface area contributed by atoms with Gasteiger partial charge < -0.3 is 18.9 Å². The van der Waals surface area contributed by atoms with Crippen LogP contribution in [0.1, 0.15) is 55.7 Å². The predicted molar refractivity (Wildman–Crippen MR) is 166 cm³/mol. The second kappa shape index (κ2) is 12.8. The third-order valence-corrected chi connectivity index (χ3v) is 7.32. The highest BCUT2D eigenvalue weighted by molar-refractivity contribution is 5.98. The molecule has 0 unspecified atom stereocenters. The molecule has 2 N–H and O–H groups in total. The first-order valence-corrected chi connectivity index (χ1v) is 14.4. The number of nitrogens with zero attached hydrogens (tertiary/aromatic N) is 5. The fourth-order valence-electron chi connectivity index (χ4n) is 4.71. The van der Waals surface area contributed by atoms with E-state index in [4.69, 9.17) is 8.83 Å². The maximum Gasteiger partial charge on any atom is 0.411 e. The average molecular weight is 628 g/mol. The number of anilines is 1. The van der Waals surface area contributed by atoms with Crippen molar-refractivity contribution in [2.24, 2.45) is 5.92 Å². The largest absolute Gasteiger partial charge is 0.453 e. The van der Waals surface area contributed by atoms with Crippen LogP contribution in [0.5, 0.6) is 0 Å². The first-order chi connectivity index (χ1) is 21.9. The molecule has 0 aliphatic heterocycles. The summed E-state index contributed by atoms with van der Waals surface area (Å²) in [7, 11) is 1.15. The number of nitrogens with one attached hydrogen (secondary N) is 2. The van der Waals surface area contributed by atoms with Crippen LogP contribution in [-0.4, -0.2) is 55.7 Å². The van der Waals surface area contributed by atoms with Crippen LogP contribution in [0.4, 0.5) is 10.5 Å². The number of benzene rings is 2. The molecule has 0 radical (unpaired) electrons. The molecule has 2 aromatic carbocycles. The molecule has 0 saturated heterocycles. The van der Waals surface area contributed by atoms with E-state index in [2.05, 4.69) is 35.5 Å². The monoisotopic (exact) mass is 627 g/mol. The minimum absolute atomic E-state index is 0.105. The van der Waals surface area contributed by atoms with E-state index in [1.54, 1.807) is 58.0 Å². The number of methoxy groups -OCH3 is 1. The van der Waals surface area contributed by atoms with Crippen LogP contribution in [-0.2, 0) is 21.5 Å². The Labute approximate surface area is 263 Å². The smallest absolute Gasteiger partial charge is 0.411 e. The molecule has 14 nitrogen and oxygen atoms in total. The lowest BCUT2D eigenvalue weighted by Crippen LogP contribution is -2.46. The molecule has 14 heteroatoms. The van der Waals surface area contributed by atoms with Gasteiger partial charge in [-0.15, -0.1) is 10.2 Å². The predicted octanol–water partition coefficient (Wildman–Crippen LogP) is 4.27. The molecule has 0 saturated carbocycles. The van der Waals surface area contributed by atoms with Crippen molar-refractivity contribution in [3.63, 3.8) is 0 Å². The van der Waals surface area contributed by atoms with E-state index in [-0.39, 0.29) is 23.3 Å². The van der Waals surface area contributed by atoms with Gasteiger partial charge in [0.25, 0.3) is 11.4 Å². The number of ether oxygens (including phenoxy) is 1. The lowest BCUT2D eigenvalue weighted by Gasteiger charge is -2.21. The van der Waals surface area contributed by atoms with Crippen molar-refractivity contribution in [1.29, 1.82) is 0 Å². The van der Waals surface area contributed by atoms with Crippen LogP contribution >= 0.6 is 0 Å². The number of carbonyl (C=O) groups is 3. The van der Waals surface area contributed by atoms with E-state index in [9.17, 15) is 19.2 Å². The van der Waals surface area contributed by atoms with Gasteiger partial charge in [0.15, 0.2) is 5.58 Å². The number of oxazole rings is 1. The van der Waals surface area contributed by atoms with E-state index in [1.807, 2.05) is 25.1 Å². The molecular weight excluding hydrogens is 594 g/mol. The number of ketones is 1. The summed E-state index contributed by atoms with van der Waals surface area (Å²) < 4.78 is 17.5. The summed E-state index contributed by atoms with van der Waals surface area (Å²) in [4.78, 5) is 61.1. The number of aryl methyl sites for hydroxylation is 1. The van der Waals surface area contributed by atoms with Gasteiger partial charge in [0.1, 0.15) is 29.0 Å². The lowest BCUT2D eigenvalue weighted by atomic mass is 9.93. The lowest BCUT2D eigenvalue weighted by molar-refractivity contribution is -0.122. The number of fused-ring (bicyclic) bond motifs is 1. The molecule has 5 aromatic rings. The van der Waals surface area contributed by atoms with Crippen LogP contribution in [0.3, 0.4) is 0 Å². The molecule has 1 atom stereocenters. The number of hydrogen-bond donors (Lipinski definition) is 2. The van der Waals surface area contributed by atoms with Crippen molar-refractivity contribution >= 4 is 34.6 Å². The van der Waals surface area contributed by atoms with Crippen LogP contribution in [0, 0.1) is 12.8 Å². The molecule has 0 spiro atoms. The summed E-state index contributed by atoms with van der Waals surface area (Å²) in [6.45, 7) is 8.50. The summed E-state index contributed by atoms with van der Waals surface area (Å²) in [5.41, 5.74) is 1.01. The molecule has 0 aliphatic rings. The van der Waals surface area contributed by atoms with Gasteiger partial charge in [-0.1, -0.05) is 50.2 Å². The quantitative estimate of drug-likeness (QED) is 0.211. The van der Waals surface area contributed by atoms with E-state index in [1.165, 1.54) is 6.20 Å². The number of aromatic nitrogens is 5. The zero-order valence-electron chi connectivity index (χ0n) is 26.2. The third kappa shape index (κ3) is 6.41. The van der Waals surface area contributed by atoms with Gasteiger partial charge in [0.2, 0.25) is 23.5 Å². The zero-order valence-corrected chi connectivity index (χ0v) is 26.2. The topological polar surface area (TPSA) is 184 Å². The van der Waals surface area contributed by atoms with Crippen LogP contribution < -0.4 is 16.2 Å². The summed E-state index contributed by atoms with van der Waals surface area (Å²) in [5, 5.41) is 13.1. The normalized spacial score (nSPS) is 12.2. The summed E-state index contributed by atoms with van der Waals surface area (Å²) >= 11 is 0. The number of Topliss-reactive ketones (excluding diaryl/α,β-unsaturated/α-hetero) is 1. The van der Waals surface area contributed by atoms with Gasteiger partial charge in [-0.25, -0.2) is 14.8 Å². The molecule has 2 amide bonds. The molecule has 5 rings (SSSR count). The molecule has 3 heterocycles. The average Bonchev–Trinajstić information content (AvgIpc) is 3.70. The molecular formula is C32H33N7O7. The highest BCUT2D eigenvalue weighted by Crippen LogP contribution is 2.32. The maximum atomic E-state index is 13.6. The van der Waals surface area contributed by atoms with Gasteiger partial charge in [0, 0.05) is 5.56 Å². The van der Waals surface area contributed by atoms with Crippen LogP contribution in [0.2, 0.25) is 0 Å². The number of amides is 2. The molecule has 0 bridgehead atoms. The van der Waals surface area contributed by atoms with Crippen molar-refractivity contribution < 1.29 is 28.0 Å². The van der Waals surface area contributed by atoms with E-state index in [0.29, 0.717) is 22.6 Å². The summed E-state index contributed by atoms with van der Waals surface area (Å²) in [6, 6.07) is 13.3. The van der Waals surface area contributed by atoms with E-state index in [0.717, 1.165) is 17.2 Å². The van der Waals surface area contributed by atoms with Gasteiger partial charge in [-0.3, -0.25) is 24.3 Å². The van der Waals surface area contributed by atoms with Gasteiger partial charge >= 0.3 is 6.09 Å². The Bertz CT molecular complexity index is 1980. The van der Waals surface area contributed by atoms with Crippen molar-refractivity contribution in [2.45, 2.75) is 52.6 Å². The van der Waals surface area contributed by atoms with Crippen molar-refractivity contribution in [3.05, 3.63) is 88.3 Å². The minimum Gasteiger partial charge on any atom is -0.453 e. The van der Waals surface area contributed by atoms with E-state index >= 15 is 0 Å². The molecule has 0 aliphatic carbocycles. The number of hydrogen-bond acceptors (Lipinski definition) is 11. The second-order valence-electron chi connectivity index (χ2n) is 11.6. The van der Waals surface area contributed by atoms with Crippen LogP contribution in [0.25, 0.3) is 22.5 Å². The van der Waals surface area contributed by atoms with Gasteiger partial charge in [-0.05, 0) is 44.4 Å². The second-order valence-corrected chi connectivity index (χ2v) is 11.6. The minimum atomic E-state index is -1.07. The van der Waals surface area contributed by atoms with Crippen molar-refractivity contribution in [2.75, 3.05) is 12.4 Å². The SMILES string of the molecule is COC(=O)Nc1cnc(-c2ccccc2)n(CC(=O)N[C@H](C(=O)c2nnc(C(C)(C)c3nc4cc(C)ccc4o3)o2)C(C)C)c1=O. The Morgan fingerprint density at radius 3 is 2.46 bits per heavy atom. The fourth-order valence-corrected chi connectivity index (χ4v) is 4.71. The zero-order chi connectivity index (χ0) is 33.2. The summed E-state index contributed by atoms with van der Waals surface area (Å²) in [6.07, 6.45) is 0.314. The van der Waals surface area contributed by atoms with Crippen molar-refractivity contribution in [3.8, 4) is 11.4 Å². The van der Waals surface area contributed by atoms with E-state index < -0.39 is 47.3 Å². The summed E-state index contributed by atoms with van der Waals surface area (Å²) in [5.74, 6) is -1.35. The molecule has 3 aromatic heterocycles. The third-order valence-electron chi connectivity index (χ3n) is 7.32. The van der Waals surface area contributed by atoms with Gasteiger partial charge in [-0.2, -0.15) is 0 Å². The number of rotatable bonds is 10. The Morgan fingerprint density at radius 2 is 1.76 bits per heavy atom. The first-order valence-electron chi connectivity index (χ1n) is 14.4. The van der Waals surface area contributed by atoms with Gasteiger partial charge in [0.05, 0.1) is 19.3 Å². The molecule has 46 heavy (non-hydrogen) atoms. The maximum absolute atomic E-state index is 13.6. The standard InChI is InChI=1S/C32H33N7O7/c1-17(2)24(25(41)27-37-38-30(46-27)32(4,5)29-34-20-14-18(3)12-13-22(20)45-29)36-23(40)16-39-26(19-10-8-7-9-11-19)33-15-21(28(39)42)35-31(43)44-6/h7-15,17,24H,16H2,1-6H3,(H,35,43)(H,36,40)/t24-/m0/s1. The first kappa shape index (κ1) is 31.8. The molecule has 238 valence electrons. The highest BCUT2D eigenvalue weighted by Gasteiger charge is 2.37. The molecule has 0 fully saturated rings. The Morgan fingerprint density at radius 1 is 1.02 bits per heavy atom. The highest BCUT2D eigenvalue weighted by atomic mass is 16.5. The fraction of sp³-hybridized carbons (Fsp3) is 0.312.